The van der Waals surface area contributed by atoms with Crippen LogP contribution in [0.15, 0.2) is 58.3 Å². The van der Waals surface area contributed by atoms with Gasteiger partial charge in [0.25, 0.3) is 0 Å². The first-order valence-corrected chi connectivity index (χ1v) is 6.77. The van der Waals surface area contributed by atoms with Gasteiger partial charge in [-0.3, -0.25) is 0 Å². The van der Waals surface area contributed by atoms with Crippen LogP contribution in [0.25, 0.3) is 0 Å². The van der Waals surface area contributed by atoms with E-state index in [2.05, 4.69) is 0 Å². The molecule has 0 aromatic heterocycles. The second-order valence-electron chi connectivity index (χ2n) is 3.80. The van der Waals surface area contributed by atoms with Crippen molar-refractivity contribution in [2.75, 3.05) is 0 Å². The van der Waals surface area contributed by atoms with E-state index >= 15 is 0 Å². The molecule has 0 bridgehead atoms. The van der Waals surface area contributed by atoms with Crippen LogP contribution in [0.5, 0.6) is 5.75 Å². The van der Waals surface area contributed by atoms with Crippen molar-refractivity contribution in [3.05, 3.63) is 54.1 Å². The predicted molar refractivity (Wildman–Crippen MR) is 67.0 cm³/mol. The standard InChI is InChI=1S/C13H10O5S/c14-9-5-7-10(8-6-9)19(17,18)12-4-2-1-3-11(12)13(15)16/h1-8,14H,(H,15,16). The highest BCUT2D eigenvalue weighted by Gasteiger charge is 2.23. The maximum absolute atomic E-state index is 12.3. The van der Waals surface area contributed by atoms with Crippen molar-refractivity contribution >= 4 is 15.8 Å². The van der Waals surface area contributed by atoms with E-state index in [-0.39, 0.29) is 21.1 Å². The molecular formula is C13H10O5S. The number of carbonyl (C=O) groups is 1. The number of phenols is 1. The molecule has 2 aromatic carbocycles. The van der Waals surface area contributed by atoms with Gasteiger partial charge in [-0.1, -0.05) is 12.1 Å². The maximum Gasteiger partial charge on any atom is 0.337 e. The highest BCUT2D eigenvalue weighted by atomic mass is 32.2. The Morgan fingerprint density at radius 2 is 1.53 bits per heavy atom. The van der Waals surface area contributed by atoms with Gasteiger partial charge in [0.1, 0.15) is 5.75 Å². The molecule has 19 heavy (non-hydrogen) atoms. The van der Waals surface area contributed by atoms with Crippen molar-refractivity contribution in [3.63, 3.8) is 0 Å². The zero-order valence-corrected chi connectivity index (χ0v) is 10.5. The topological polar surface area (TPSA) is 91.7 Å². The third-order valence-electron chi connectivity index (χ3n) is 2.55. The van der Waals surface area contributed by atoms with Crippen LogP contribution in [0.4, 0.5) is 0 Å². The van der Waals surface area contributed by atoms with E-state index in [0.29, 0.717) is 0 Å². The number of phenolic OH excluding ortho intramolecular Hbond substituents is 1. The van der Waals surface area contributed by atoms with Crippen molar-refractivity contribution < 1.29 is 23.4 Å². The van der Waals surface area contributed by atoms with Gasteiger partial charge in [0, 0.05) is 0 Å². The molecule has 0 heterocycles. The van der Waals surface area contributed by atoms with Gasteiger partial charge in [-0.2, -0.15) is 0 Å². The van der Waals surface area contributed by atoms with Crippen LogP contribution in [0, 0.1) is 0 Å². The molecule has 2 rings (SSSR count). The lowest BCUT2D eigenvalue weighted by molar-refractivity contribution is 0.0692. The van der Waals surface area contributed by atoms with Gasteiger partial charge in [-0.15, -0.1) is 0 Å². The molecule has 0 radical (unpaired) electrons. The number of carboxylic acids is 1. The van der Waals surface area contributed by atoms with Crippen LogP contribution in [-0.4, -0.2) is 24.6 Å². The van der Waals surface area contributed by atoms with Gasteiger partial charge in [0.15, 0.2) is 0 Å². The minimum Gasteiger partial charge on any atom is -0.508 e. The van der Waals surface area contributed by atoms with E-state index in [0.717, 1.165) is 0 Å². The third-order valence-corrected chi connectivity index (χ3v) is 4.38. The molecule has 2 N–H and O–H groups in total. The molecule has 6 heteroatoms. The summed E-state index contributed by atoms with van der Waals surface area (Å²) in [6, 6.07) is 10.3. The zero-order chi connectivity index (χ0) is 14.0. The Morgan fingerprint density at radius 3 is 2.11 bits per heavy atom. The summed E-state index contributed by atoms with van der Waals surface area (Å²) in [4.78, 5) is 10.7. The fourth-order valence-electron chi connectivity index (χ4n) is 1.63. The third kappa shape index (κ3) is 2.43. The predicted octanol–water partition coefficient (Wildman–Crippen LogP) is 1.92. The van der Waals surface area contributed by atoms with E-state index in [1.165, 1.54) is 48.5 Å². The molecule has 0 unspecified atom stereocenters. The lowest BCUT2D eigenvalue weighted by atomic mass is 10.2. The van der Waals surface area contributed by atoms with Crippen LogP contribution in [0.2, 0.25) is 0 Å². The van der Waals surface area contributed by atoms with Crippen LogP contribution >= 0.6 is 0 Å². The molecule has 0 saturated carbocycles. The first-order chi connectivity index (χ1) is 8.93. The first kappa shape index (κ1) is 13.1. The molecule has 0 aliphatic carbocycles. The summed E-state index contributed by atoms with van der Waals surface area (Å²) in [5, 5.41) is 18.2. The fraction of sp³-hybridized carbons (Fsp3) is 0. The smallest absolute Gasteiger partial charge is 0.337 e. The molecule has 2 aromatic rings. The van der Waals surface area contributed by atoms with Crippen molar-refractivity contribution in [2.24, 2.45) is 0 Å². The molecule has 0 spiro atoms. The molecule has 0 amide bonds. The maximum atomic E-state index is 12.3. The number of sulfone groups is 1. The highest BCUT2D eigenvalue weighted by Crippen LogP contribution is 2.25. The van der Waals surface area contributed by atoms with E-state index in [4.69, 9.17) is 10.2 Å². The van der Waals surface area contributed by atoms with E-state index in [1.807, 2.05) is 0 Å². The summed E-state index contributed by atoms with van der Waals surface area (Å²) in [6.45, 7) is 0. The number of carboxylic acid groups (broad SMARTS) is 1. The second kappa shape index (κ2) is 4.74. The van der Waals surface area contributed by atoms with Gasteiger partial charge in [-0.05, 0) is 36.4 Å². The molecule has 0 saturated heterocycles. The zero-order valence-electron chi connectivity index (χ0n) is 9.65. The van der Waals surface area contributed by atoms with E-state index in [1.54, 1.807) is 0 Å². The molecule has 0 aliphatic rings. The first-order valence-electron chi connectivity index (χ1n) is 5.29. The fourth-order valence-corrected chi connectivity index (χ4v) is 3.08. The van der Waals surface area contributed by atoms with Gasteiger partial charge in [0.05, 0.1) is 15.4 Å². The van der Waals surface area contributed by atoms with Crippen molar-refractivity contribution in [1.29, 1.82) is 0 Å². The van der Waals surface area contributed by atoms with Crippen molar-refractivity contribution in [2.45, 2.75) is 9.79 Å². The monoisotopic (exact) mass is 278 g/mol. The Hall–Kier alpha value is -2.34. The van der Waals surface area contributed by atoms with E-state index < -0.39 is 15.8 Å². The number of hydrogen-bond donors (Lipinski definition) is 2. The Bertz CT molecular complexity index is 717. The van der Waals surface area contributed by atoms with Crippen LogP contribution < -0.4 is 0 Å². The molecule has 98 valence electrons. The summed E-state index contributed by atoms with van der Waals surface area (Å²) in [5.74, 6) is -1.37. The molecule has 0 atom stereocenters. The average molecular weight is 278 g/mol. The molecular weight excluding hydrogens is 268 g/mol. The van der Waals surface area contributed by atoms with Gasteiger partial charge >= 0.3 is 5.97 Å². The van der Waals surface area contributed by atoms with Crippen LogP contribution in [0.1, 0.15) is 10.4 Å². The number of aromatic hydroxyl groups is 1. The van der Waals surface area contributed by atoms with E-state index in [9.17, 15) is 13.2 Å². The normalized spacial score (nSPS) is 11.2. The van der Waals surface area contributed by atoms with Gasteiger partial charge < -0.3 is 10.2 Å². The number of aromatic carboxylic acids is 1. The largest absolute Gasteiger partial charge is 0.508 e. The summed E-state index contributed by atoms with van der Waals surface area (Å²) in [6.07, 6.45) is 0. The summed E-state index contributed by atoms with van der Waals surface area (Å²) < 4.78 is 24.7. The Kier molecular flexibility index (Phi) is 3.26. The lowest BCUT2D eigenvalue weighted by Gasteiger charge is -2.07. The molecule has 0 fully saturated rings. The lowest BCUT2D eigenvalue weighted by Crippen LogP contribution is -2.09. The summed E-state index contributed by atoms with van der Waals surface area (Å²) >= 11 is 0. The van der Waals surface area contributed by atoms with Crippen molar-refractivity contribution in [1.82, 2.24) is 0 Å². The van der Waals surface area contributed by atoms with Crippen molar-refractivity contribution in [3.8, 4) is 5.75 Å². The molecule has 0 aliphatic heterocycles. The van der Waals surface area contributed by atoms with Crippen LogP contribution in [0.3, 0.4) is 0 Å². The minimum absolute atomic E-state index is 0.0644. The second-order valence-corrected chi connectivity index (χ2v) is 5.72. The minimum atomic E-state index is -3.92. The average Bonchev–Trinajstić information content (AvgIpc) is 2.39. The number of hydrogen-bond acceptors (Lipinski definition) is 4. The van der Waals surface area contributed by atoms with Gasteiger partial charge in [-0.25, -0.2) is 13.2 Å². The SMILES string of the molecule is O=C(O)c1ccccc1S(=O)(=O)c1ccc(O)cc1. The van der Waals surface area contributed by atoms with Crippen LogP contribution in [-0.2, 0) is 9.84 Å². The van der Waals surface area contributed by atoms with Gasteiger partial charge in [0.2, 0.25) is 9.84 Å². The number of benzene rings is 2. The quantitative estimate of drug-likeness (QED) is 0.895. The molecule has 5 nitrogen and oxygen atoms in total. The summed E-state index contributed by atoms with van der Waals surface area (Å²) in [5.41, 5.74) is -0.282. The Labute approximate surface area is 109 Å². The Morgan fingerprint density at radius 1 is 0.947 bits per heavy atom. The summed E-state index contributed by atoms with van der Waals surface area (Å²) in [7, 11) is -3.92. The Balaban J connectivity index is 2.63. The number of rotatable bonds is 3. The highest BCUT2D eigenvalue weighted by molar-refractivity contribution is 7.91.